The standard InChI is InChI=1S/C27H37N3O6/c1-32-23-8-6-5-7-20(23)17-29-13-14-36-22(19-29)18-28-9-11-30(12-10-28)27(31)21-15-24(33-2)26(35-4)25(16-21)34-3/h5-8,15-16,22H,9-14,17-19H2,1-4H3/t22-/m0/s1. The van der Waals surface area contributed by atoms with Crippen molar-refractivity contribution in [2.45, 2.75) is 12.6 Å². The predicted molar refractivity (Wildman–Crippen MR) is 136 cm³/mol. The lowest BCUT2D eigenvalue weighted by Crippen LogP contribution is -2.53. The van der Waals surface area contributed by atoms with Gasteiger partial charge in [-0.3, -0.25) is 14.6 Å². The Kier molecular flexibility index (Phi) is 8.90. The molecule has 2 aliphatic rings. The molecule has 2 aromatic carbocycles. The summed E-state index contributed by atoms with van der Waals surface area (Å²) in [6.07, 6.45) is 0.144. The fraction of sp³-hybridized carbons (Fsp3) is 0.519. The molecule has 1 atom stereocenters. The Labute approximate surface area is 213 Å². The second-order valence-corrected chi connectivity index (χ2v) is 9.05. The van der Waals surface area contributed by atoms with Gasteiger partial charge in [-0.2, -0.15) is 0 Å². The minimum absolute atomic E-state index is 0.0363. The van der Waals surface area contributed by atoms with Crippen molar-refractivity contribution in [2.24, 2.45) is 0 Å². The van der Waals surface area contributed by atoms with E-state index >= 15 is 0 Å². The molecule has 0 aromatic heterocycles. The molecule has 0 N–H and O–H groups in total. The molecule has 4 rings (SSSR count). The number of morpholine rings is 1. The fourth-order valence-corrected chi connectivity index (χ4v) is 4.92. The Hall–Kier alpha value is -3.01. The molecule has 2 aliphatic heterocycles. The first-order valence-corrected chi connectivity index (χ1v) is 12.3. The topological polar surface area (TPSA) is 72.9 Å². The van der Waals surface area contributed by atoms with Crippen molar-refractivity contribution in [1.29, 1.82) is 0 Å². The van der Waals surface area contributed by atoms with Crippen LogP contribution in [0.1, 0.15) is 15.9 Å². The van der Waals surface area contributed by atoms with Gasteiger partial charge in [-0.05, 0) is 18.2 Å². The SMILES string of the molecule is COc1ccccc1CN1CCO[C@@H](CN2CCN(C(=O)c3cc(OC)c(OC)c(OC)c3)CC2)C1. The minimum Gasteiger partial charge on any atom is -0.496 e. The molecule has 2 aromatic rings. The van der Waals surface area contributed by atoms with E-state index in [0.29, 0.717) is 35.9 Å². The molecule has 2 fully saturated rings. The van der Waals surface area contributed by atoms with Crippen LogP contribution < -0.4 is 18.9 Å². The highest BCUT2D eigenvalue weighted by atomic mass is 16.5. The van der Waals surface area contributed by atoms with Crippen LogP contribution in [0.15, 0.2) is 36.4 Å². The first-order chi connectivity index (χ1) is 17.6. The Morgan fingerprint density at radius 2 is 1.53 bits per heavy atom. The molecular formula is C27H37N3O6. The van der Waals surface area contributed by atoms with Crippen molar-refractivity contribution in [3.8, 4) is 23.0 Å². The van der Waals surface area contributed by atoms with Crippen molar-refractivity contribution in [3.63, 3.8) is 0 Å². The highest BCUT2D eigenvalue weighted by Gasteiger charge is 2.28. The van der Waals surface area contributed by atoms with Crippen LogP contribution in [0.25, 0.3) is 0 Å². The van der Waals surface area contributed by atoms with Gasteiger partial charge in [0.25, 0.3) is 5.91 Å². The number of nitrogens with zero attached hydrogens (tertiary/aromatic N) is 3. The molecule has 36 heavy (non-hydrogen) atoms. The Morgan fingerprint density at radius 1 is 0.861 bits per heavy atom. The number of carbonyl (C=O) groups excluding carboxylic acids is 1. The van der Waals surface area contributed by atoms with Crippen LogP contribution in [-0.2, 0) is 11.3 Å². The number of amides is 1. The van der Waals surface area contributed by atoms with Crippen LogP contribution >= 0.6 is 0 Å². The number of rotatable bonds is 9. The van der Waals surface area contributed by atoms with E-state index in [0.717, 1.165) is 51.6 Å². The first-order valence-electron chi connectivity index (χ1n) is 12.3. The van der Waals surface area contributed by atoms with Gasteiger partial charge in [-0.15, -0.1) is 0 Å². The van der Waals surface area contributed by atoms with E-state index in [2.05, 4.69) is 21.9 Å². The summed E-state index contributed by atoms with van der Waals surface area (Å²) in [5.74, 6) is 2.32. The molecule has 1 amide bonds. The van der Waals surface area contributed by atoms with Crippen LogP contribution in [0.4, 0.5) is 0 Å². The van der Waals surface area contributed by atoms with Crippen LogP contribution in [0, 0.1) is 0 Å². The van der Waals surface area contributed by atoms with E-state index < -0.39 is 0 Å². The van der Waals surface area contributed by atoms with Crippen molar-refractivity contribution in [2.75, 3.05) is 80.9 Å². The monoisotopic (exact) mass is 499 g/mol. The number of carbonyl (C=O) groups is 1. The van der Waals surface area contributed by atoms with E-state index in [4.69, 9.17) is 23.7 Å². The molecular weight excluding hydrogens is 462 g/mol. The number of hydrogen-bond acceptors (Lipinski definition) is 8. The second-order valence-electron chi connectivity index (χ2n) is 9.05. The van der Waals surface area contributed by atoms with Crippen LogP contribution in [-0.4, -0.2) is 108 Å². The van der Waals surface area contributed by atoms with Crippen LogP contribution in [0.5, 0.6) is 23.0 Å². The molecule has 0 aliphatic carbocycles. The highest BCUT2D eigenvalue weighted by molar-refractivity contribution is 5.95. The van der Waals surface area contributed by atoms with E-state index in [9.17, 15) is 4.79 Å². The fourth-order valence-electron chi connectivity index (χ4n) is 4.92. The van der Waals surface area contributed by atoms with Gasteiger partial charge in [-0.1, -0.05) is 18.2 Å². The molecule has 0 spiro atoms. The smallest absolute Gasteiger partial charge is 0.254 e. The summed E-state index contributed by atoms with van der Waals surface area (Å²) in [5, 5.41) is 0. The van der Waals surface area contributed by atoms with Gasteiger partial charge in [0.05, 0.1) is 41.2 Å². The average Bonchev–Trinajstić information content (AvgIpc) is 2.92. The lowest BCUT2D eigenvalue weighted by molar-refractivity contribution is -0.0498. The van der Waals surface area contributed by atoms with E-state index in [1.165, 1.54) is 5.56 Å². The van der Waals surface area contributed by atoms with Gasteiger partial charge < -0.3 is 28.6 Å². The molecule has 0 bridgehead atoms. The zero-order valence-electron chi connectivity index (χ0n) is 21.7. The number of benzene rings is 2. The predicted octanol–water partition coefficient (Wildman–Crippen LogP) is 2.38. The third-order valence-electron chi connectivity index (χ3n) is 6.84. The maximum absolute atomic E-state index is 13.2. The quantitative estimate of drug-likeness (QED) is 0.521. The largest absolute Gasteiger partial charge is 0.496 e. The summed E-state index contributed by atoms with van der Waals surface area (Å²) in [4.78, 5) is 19.9. The van der Waals surface area contributed by atoms with Gasteiger partial charge in [0, 0.05) is 63.5 Å². The van der Waals surface area contributed by atoms with Gasteiger partial charge in [0.1, 0.15) is 5.75 Å². The van der Waals surface area contributed by atoms with E-state index in [1.807, 2.05) is 17.0 Å². The number of methoxy groups -OCH3 is 4. The first kappa shape index (κ1) is 26.1. The minimum atomic E-state index is -0.0363. The summed E-state index contributed by atoms with van der Waals surface area (Å²) < 4.78 is 27.8. The van der Waals surface area contributed by atoms with Gasteiger partial charge in [0.15, 0.2) is 11.5 Å². The highest BCUT2D eigenvalue weighted by Crippen LogP contribution is 2.38. The normalized spacial score (nSPS) is 19.1. The lowest BCUT2D eigenvalue weighted by Gasteiger charge is -2.39. The summed E-state index contributed by atoms with van der Waals surface area (Å²) in [6.45, 7) is 7.15. The molecule has 0 saturated carbocycles. The third kappa shape index (κ3) is 6.03. The van der Waals surface area contributed by atoms with Crippen molar-refractivity contribution >= 4 is 5.91 Å². The molecule has 0 unspecified atom stereocenters. The molecule has 2 heterocycles. The molecule has 9 heteroatoms. The second kappa shape index (κ2) is 12.3. The Morgan fingerprint density at radius 3 is 2.17 bits per heavy atom. The molecule has 196 valence electrons. The van der Waals surface area contributed by atoms with Crippen LogP contribution in [0.3, 0.4) is 0 Å². The molecule has 0 radical (unpaired) electrons. The third-order valence-corrected chi connectivity index (χ3v) is 6.84. The zero-order chi connectivity index (χ0) is 25.5. The average molecular weight is 500 g/mol. The zero-order valence-corrected chi connectivity index (χ0v) is 21.7. The number of para-hydroxylation sites is 1. The van der Waals surface area contributed by atoms with E-state index in [-0.39, 0.29) is 12.0 Å². The van der Waals surface area contributed by atoms with Gasteiger partial charge in [-0.25, -0.2) is 0 Å². The maximum Gasteiger partial charge on any atom is 0.254 e. The van der Waals surface area contributed by atoms with Crippen molar-refractivity contribution in [3.05, 3.63) is 47.5 Å². The summed E-state index contributed by atoms with van der Waals surface area (Å²) in [6, 6.07) is 11.6. The van der Waals surface area contributed by atoms with Crippen molar-refractivity contribution < 1.29 is 28.5 Å². The molecule has 9 nitrogen and oxygen atoms in total. The number of piperazine rings is 1. The van der Waals surface area contributed by atoms with Crippen molar-refractivity contribution in [1.82, 2.24) is 14.7 Å². The number of hydrogen-bond donors (Lipinski definition) is 0. The van der Waals surface area contributed by atoms with Gasteiger partial charge >= 0.3 is 0 Å². The summed E-state index contributed by atoms with van der Waals surface area (Å²) >= 11 is 0. The lowest BCUT2D eigenvalue weighted by atomic mass is 10.1. The summed E-state index contributed by atoms with van der Waals surface area (Å²) in [7, 11) is 6.37. The van der Waals surface area contributed by atoms with E-state index in [1.54, 1.807) is 40.6 Å². The summed E-state index contributed by atoms with van der Waals surface area (Å²) in [5.41, 5.74) is 1.72. The number of ether oxygens (including phenoxy) is 5. The van der Waals surface area contributed by atoms with Gasteiger partial charge in [0.2, 0.25) is 5.75 Å². The Bertz CT molecular complexity index is 999. The molecule has 2 saturated heterocycles. The van der Waals surface area contributed by atoms with Crippen LogP contribution in [0.2, 0.25) is 0 Å². The Balaban J connectivity index is 1.30. The maximum atomic E-state index is 13.2.